The molecule has 0 spiro atoms. The van der Waals surface area contributed by atoms with Gasteiger partial charge in [-0.3, -0.25) is 4.79 Å². The summed E-state index contributed by atoms with van der Waals surface area (Å²) in [6.45, 7) is 4.45. The average Bonchev–Trinajstić information content (AvgIpc) is 3.09. The van der Waals surface area contributed by atoms with Gasteiger partial charge in [0, 0.05) is 5.02 Å². The normalized spacial score (nSPS) is 15.9. The SMILES string of the molecule is Cc1cccc(COc2ccc(/C=C3/SC(=Nc4cccc(Cl)c4C)NC3=O)cc2Br)c1. The molecule has 1 aliphatic heterocycles. The van der Waals surface area contributed by atoms with Gasteiger partial charge in [0.15, 0.2) is 5.17 Å². The Hall–Kier alpha value is -2.54. The van der Waals surface area contributed by atoms with Crippen molar-refractivity contribution in [3.63, 3.8) is 0 Å². The van der Waals surface area contributed by atoms with E-state index in [1.54, 1.807) is 0 Å². The van der Waals surface area contributed by atoms with Crippen molar-refractivity contribution in [3.8, 4) is 5.75 Å². The summed E-state index contributed by atoms with van der Waals surface area (Å²) in [7, 11) is 0. The number of carbonyl (C=O) groups excluding carboxylic acids is 1. The molecule has 1 saturated heterocycles. The largest absolute Gasteiger partial charge is 0.488 e. The first-order valence-corrected chi connectivity index (χ1v) is 11.9. The molecule has 0 aromatic heterocycles. The number of nitrogens with zero attached hydrogens (tertiary/aromatic N) is 1. The van der Waals surface area contributed by atoms with Gasteiger partial charge in [-0.25, -0.2) is 4.99 Å². The smallest absolute Gasteiger partial charge is 0.264 e. The lowest BCUT2D eigenvalue weighted by Crippen LogP contribution is -2.19. The van der Waals surface area contributed by atoms with Gasteiger partial charge in [0.1, 0.15) is 12.4 Å². The second-order valence-electron chi connectivity index (χ2n) is 7.33. The van der Waals surface area contributed by atoms with E-state index < -0.39 is 0 Å². The van der Waals surface area contributed by atoms with E-state index in [9.17, 15) is 4.79 Å². The molecule has 3 aromatic rings. The van der Waals surface area contributed by atoms with Gasteiger partial charge in [-0.15, -0.1) is 0 Å². The number of aryl methyl sites for hydroxylation is 1. The highest BCUT2D eigenvalue weighted by Crippen LogP contribution is 2.33. The lowest BCUT2D eigenvalue weighted by atomic mass is 10.1. The van der Waals surface area contributed by atoms with Crippen molar-refractivity contribution in [1.82, 2.24) is 5.32 Å². The Bertz CT molecular complexity index is 1260. The van der Waals surface area contributed by atoms with E-state index in [0.29, 0.717) is 21.7 Å². The third-order valence-corrected chi connectivity index (χ3v) is 6.78. The van der Waals surface area contributed by atoms with Crippen molar-refractivity contribution in [2.24, 2.45) is 4.99 Å². The number of benzene rings is 3. The van der Waals surface area contributed by atoms with Crippen LogP contribution < -0.4 is 10.1 Å². The molecule has 1 heterocycles. The quantitative estimate of drug-likeness (QED) is 0.357. The zero-order valence-electron chi connectivity index (χ0n) is 17.5. The van der Waals surface area contributed by atoms with Gasteiger partial charge >= 0.3 is 0 Å². The summed E-state index contributed by atoms with van der Waals surface area (Å²) in [4.78, 5) is 17.5. The molecule has 0 saturated carbocycles. The summed E-state index contributed by atoms with van der Waals surface area (Å²) in [5.41, 5.74) is 4.81. The maximum absolute atomic E-state index is 12.4. The molecule has 3 aromatic carbocycles. The number of amides is 1. The van der Waals surface area contributed by atoms with E-state index in [4.69, 9.17) is 16.3 Å². The van der Waals surface area contributed by atoms with Crippen LogP contribution in [0, 0.1) is 13.8 Å². The highest BCUT2D eigenvalue weighted by Gasteiger charge is 2.24. The third-order valence-electron chi connectivity index (χ3n) is 4.84. The monoisotopic (exact) mass is 526 g/mol. The maximum Gasteiger partial charge on any atom is 0.264 e. The van der Waals surface area contributed by atoms with E-state index in [1.807, 2.05) is 61.5 Å². The number of thioether (sulfide) groups is 1. The molecule has 0 bridgehead atoms. The summed E-state index contributed by atoms with van der Waals surface area (Å²) < 4.78 is 6.77. The van der Waals surface area contributed by atoms with Crippen LogP contribution in [0.4, 0.5) is 5.69 Å². The zero-order valence-corrected chi connectivity index (χ0v) is 20.6. The van der Waals surface area contributed by atoms with Gasteiger partial charge in [0.25, 0.3) is 5.91 Å². The summed E-state index contributed by atoms with van der Waals surface area (Å²) in [6.07, 6.45) is 1.84. The van der Waals surface area contributed by atoms with Gasteiger partial charge < -0.3 is 10.1 Å². The van der Waals surface area contributed by atoms with Crippen molar-refractivity contribution in [1.29, 1.82) is 0 Å². The van der Waals surface area contributed by atoms with Gasteiger partial charge in [0.2, 0.25) is 0 Å². The number of hydrogen-bond acceptors (Lipinski definition) is 4. The van der Waals surface area contributed by atoms with Crippen LogP contribution in [-0.4, -0.2) is 11.1 Å². The first-order valence-electron chi connectivity index (χ1n) is 9.91. The molecule has 1 fully saturated rings. The van der Waals surface area contributed by atoms with Crippen molar-refractivity contribution < 1.29 is 9.53 Å². The second-order valence-corrected chi connectivity index (χ2v) is 9.63. The molecule has 4 nitrogen and oxygen atoms in total. The molecule has 162 valence electrons. The minimum absolute atomic E-state index is 0.177. The van der Waals surface area contributed by atoms with E-state index >= 15 is 0 Å². The minimum atomic E-state index is -0.177. The number of nitrogens with one attached hydrogen (secondary N) is 1. The lowest BCUT2D eigenvalue weighted by Gasteiger charge is -2.09. The first-order chi connectivity index (χ1) is 15.4. The second kappa shape index (κ2) is 9.94. The zero-order chi connectivity index (χ0) is 22.7. The Balaban J connectivity index is 1.47. The van der Waals surface area contributed by atoms with E-state index in [-0.39, 0.29) is 5.91 Å². The first kappa shape index (κ1) is 22.6. The summed E-state index contributed by atoms with van der Waals surface area (Å²) in [5, 5.41) is 3.99. The number of carbonyl (C=O) groups is 1. The van der Waals surface area contributed by atoms with Crippen LogP contribution in [0.3, 0.4) is 0 Å². The molecule has 1 amide bonds. The molecule has 0 unspecified atom stereocenters. The summed E-state index contributed by atoms with van der Waals surface area (Å²) in [5.74, 6) is 0.570. The van der Waals surface area contributed by atoms with Crippen molar-refractivity contribution in [2.75, 3.05) is 0 Å². The average molecular weight is 528 g/mol. The number of amidine groups is 1. The molecule has 32 heavy (non-hydrogen) atoms. The van der Waals surface area contributed by atoms with Crippen molar-refractivity contribution in [3.05, 3.63) is 97.3 Å². The predicted molar refractivity (Wildman–Crippen MR) is 137 cm³/mol. The van der Waals surface area contributed by atoms with Crippen LogP contribution in [0.2, 0.25) is 5.02 Å². The van der Waals surface area contributed by atoms with Crippen LogP contribution in [0.1, 0.15) is 22.3 Å². The molecule has 4 rings (SSSR count). The Labute approximate surface area is 204 Å². The Morgan fingerprint density at radius 2 is 1.94 bits per heavy atom. The number of aliphatic imine (C=N–C) groups is 1. The topological polar surface area (TPSA) is 50.7 Å². The lowest BCUT2D eigenvalue weighted by molar-refractivity contribution is -0.115. The third kappa shape index (κ3) is 5.44. The van der Waals surface area contributed by atoms with Crippen LogP contribution in [0.5, 0.6) is 5.75 Å². The molecule has 0 aliphatic carbocycles. The number of rotatable bonds is 5. The molecular weight excluding hydrogens is 508 g/mol. The summed E-state index contributed by atoms with van der Waals surface area (Å²) >= 11 is 11.0. The molecule has 1 aliphatic rings. The molecule has 0 radical (unpaired) electrons. The standard InChI is InChI=1S/C25H20BrClN2O2S/c1-15-5-3-6-18(11-15)14-31-22-10-9-17(12-19(22)26)13-23-24(30)29-25(32-23)28-21-8-4-7-20(27)16(21)2/h3-13H,14H2,1-2H3,(H,28,29,30)/b23-13+. The Morgan fingerprint density at radius 3 is 2.72 bits per heavy atom. The fourth-order valence-corrected chi connectivity index (χ4v) is 4.66. The Morgan fingerprint density at radius 1 is 1.12 bits per heavy atom. The van der Waals surface area contributed by atoms with E-state index in [2.05, 4.69) is 45.3 Å². The van der Waals surface area contributed by atoms with Crippen LogP contribution in [0.25, 0.3) is 6.08 Å². The van der Waals surface area contributed by atoms with Crippen LogP contribution in [-0.2, 0) is 11.4 Å². The van der Waals surface area contributed by atoms with Gasteiger partial charge in [-0.05, 0) is 88.6 Å². The van der Waals surface area contributed by atoms with Crippen LogP contribution >= 0.6 is 39.3 Å². The maximum atomic E-state index is 12.4. The molecule has 7 heteroatoms. The van der Waals surface area contributed by atoms with E-state index in [0.717, 1.165) is 32.6 Å². The highest BCUT2D eigenvalue weighted by molar-refractivity contribution is 9.10. The van der Waals surface area contributed by atoms with Gasteiger partial charge in [-0.1, -0.05) is 53.6 Å². The number of halogens is 2. The minimum Gasteiger partial charge on any atom is -0.488 e. The molecule has 0 atom stereocenters. The predicted octanol–water partition coefficient (Wildman–Crippen LogP) is 7.19. The number of hydrogen-bond donors (Lipinski definition) is 1. The molecule has 1 N–H and O–H groups in total. The highest BCUT2D eigenvalue weighted by atomic mass is 79.9. The van der Waals surface area contributed by atoms with Crippen molar-refractivity contribution in [2.45, 2.75) is 20.5 Å². The Kier molecular flexibility index (Phi) is 7.04. The van der Waals surface area contributed by atoms with Crippen LogP contribution in [0.15, 0.2) is 75.0 Å². The molecular formula is C25H20BrClN2O2S. The fourth-order valence-electron chi connectivity index (χ4n) is 3.15. The van der Waals surface area contributed by atoms with Gasteiger partial charge in [0.05, 0.1) is 15.1 Å². The number of ether oxygens (including phenoxy) is 1. The summed E-state index contributed by atoms with van der Waals surface area (Å²) in [6, 6.07) is 19.5. The van der Waals surface area contributed by atoms with E-state index in [1.165, 1.54) is 17.3 Å². The van der Waals surface area contributed by atoms with Gasteiger partial charge in [-0.2, -0.15) is 0 Å². The fraction of sp³-hybridized carbons (Fsp3) is 0.120. The van der Waals surface area contributed by atoms with Crippen molar-refractivity contribution >= 4 is 62.1 Å².